The highest BCUT2D eigenvalue weighted by Gasteiger charge is 2.07. The van der Waals surface area contributed by atoms with Gasteiger partial charge in [-0.3, -0.25) is 4.99 Å². The number of aliphatic imine (C=N–C) groups is 1. The highest BCUT2D eigenvalue weighted by molar-refractivity contribution is 14.0. The Hall–Kier alpha value is -2.87. The molecule has 148 valence electrons. The topological polar surface area (TPSA) is 62.5 Å². The van der Waals surface area contributed by atoms with Crippen LogP contribution in [0.4, 0.5) is 0 Å². The molecule has 0 aliphatic rings. The summed E-state index contributed by atoms with van der Waals surface area (Å²) in [6, 6.07) is 24.7. The molecule has 0 saturated carbocycles. The fourth-order valence-electron chi connectivity index (χ4n) is 3.03. The number of halogens is 1. The Balaban J connectivity index is 0.00000240. The first-order chi connectivity index (χ1) is 13.8. The first kappa shape index (κ1) is 20.9. The summed E-state index contributed by atoms with van der Waals surface area (Å²) >= 11 is 0. The summed E-state index contributed by atoms with van der Waals surface area (Å²) in [6.45, 7) is 1.23. The summed E-state index contributed by atoms with van der Waals surface area (Å²) in [7, 11) is 1.76. The summed E-state index contributed by atoms with van der Waals surface area (Å²) in [6.07, 6.45) is 1.67. The average Bonchev–Trinajstić information content (AvgIpc) is 3.23. The quantitative estimate of drug-likeness (QED) is 0.232. The summed E-state index contributed by atoms with van der Waals surface area (Å²) < 4.78 is 5.58. The molecular formula is C23H23IN4O. The summed E-state index contributed by atoms with van der Waals surface area (Å²) in [5, 5.41) is 9.10. The van der Waals surface area contributed by atoms with E-state index in [-0.39, 0.29) is 24.0 Å². The van der Waals surface area contributed by atoms with E-state index in [0.717, 1.165) is 17.2 Å². The molecule has 1 heterocycles. The van der Waals surface area contributed by atoms with Crippen LogP contribution in [-0.2, 0) is 13.1 Å². The Morgan fingerprint density at radius 2 is 1.62 bits per heavy atom. The van der Waals surface area contributed by atoms with E-state index in [9.17, 15) is 0 Å². The highest BCUT2D eigenvalue weighted by Crippen LogP contribution is 2.18. The van der Waals surface area contributed by atoms with Crippen molar-refractivity contribution in [3.05, 3.63) is 90.3 Å². The van der Waals surface area contributed by atoms with Gasteiger partial charge in [-0.1, -0.05) is 54.6 Å². The van der Waals surface area contributed by atoms with Crippen molar-refractivity contribution in [1.82, 2.24) is 15.6 Å². The lowest BCUT2D eigenvalue weighted by Gasteiger charge is -2.11. The van der Waals surface area contributed by atoms with Gasteiger partial charge in [-0.15, -0.1) is 24.0 Å². The van der Waals surface area contributed by atoms with Gasteiger partial charge < -0.3 is 15.1 Å². The molecule has 5 nitrogen and oxygen atoms in total. The van der Waals surface area contributed by atoms with Crippen molar-refractivity contribution in [2.45, 2.75) is 13.1 Å². The molecule has 29 heavy (non-hydrogen) atoms. The molecule has 6 heteroatoms. The van der Waals surface area contributed by atoms with E-state index in [1.807, 2.05) is 30.3 Å². The van der Waals surface area contributed by atoms with Gasteiger partial charge in [0.15, 0.2) is 5.96 Å². The third kappa shape index (κ3) is 5.35. The van der Waals surface area contributed by atoms with E-state index in [4.69, 9.17) is 4.42 Å². The van der Waals surface area contributed by atoms with Crippen LogP contribution in [0.5, 0.6) is 0 Å². The average molecular weight is 498 g/mol. The van der Waals surface area contributed by atoms with Gasteiger partial charge in [-0.25, -0.2) is 4.98 Å². The predicted molar refractivity (Wildman–Crippen MR) is 128 cm³/mol. The van der Waals surface area contributed by atoms with Crippen LogP contribution in [0.2, 0.25) is 0 Å². The van der Waals surface area contributed by atoms with Gasteiger partial charge in [0.05, 0.1) is 12.2 Å². The molecule has 0 bridgehead atoms. The fourth-order valence-corrected chi connectivity index (χ4v) is 3.03. The number of nitrogens with one attached hydrogen (secondary N) is 2. The second kappa shape index (κ2) is 10.1. The zero-order chi connectivity index (χ0) is 19.2. The molecule has 0 radical (unpaired) electrons. The van der Waals surface area contributed by atoms with E-state index in [2.05, 4.69) is 63.1 Å². The Labute approximate surface area is 187 Å². The third-order valence-electron chi connectivity index (χ3n) is 4.51. The van der Waals surface area contributed by atoms with Gasteiger partial charge in [-0.2, -0.15) is 0 Å². The predicted octanol–water partition coefficient (Wildman–Crippen LogP) is 4.98. The molecule has 0 amide bonds. The molecule has 4 aromatic rings. The van der Waals surface area contributed by atoms with E-state index < -0.39 is 0 Å². The minimum atomic E-state index is 0. The largest absolute Gasteiger partial charge is 0.444 e. The molecule has 0 aliphatic heterocycles. The lowest BCUT2D eigenvalue weighted by atomic mass is 10.1. The van der Waals surface area contributed by atoms with Crippen LogP contribution < -0.4 is 10.6 Å². The van der Waals surface area contributed by atoms with Gasteiger partial charge in [0, 0.05) is 19.2 Å². The first-order valence-corrected chi connectivity index (χ1v) is 9.24. The zero-order valence-corrected chi connectivity index (χ0v) is 18.5. The number of benzene rings is 3. The van der Waals surface area contributed by atoms with Gasteiger partial charge >= 0.3 is 0 Å². The maximum Gasteiger partial charge on any atom is 0.226 e. The van der Waals surface area contributed by atoms with Crippen molar-refractivity contribution < 1.29 is 4.42 Å². The van der Waals surface area contributed by atoms with Gasteiger partial charge in [0.2, 0.25) is 5.89 Å². The minimum absolute atomic E-state index is 0. The van der Waals surface area contributed by atoms with Crippen molar-refractivity contribution in [1.29, 1.82) is 0 Å². The maximum atomic E-state index is 5.58. The van der Waals surface area contributed by atoms with Crippen molar-refractivity contribution in [2.75, 3.05) is 7.05 Å². The molecule has 1 aromatic heterocycles. The third-order valence-corrected chi connectivity index (χ3v) is 4.51. The fraction of sp³-hybridized carbons (Fsp3) is 0.130. The summed E-state index contributed by atoms with van der Waals surface area (Å²) in [5.74, 6) is 1.34. The lowest BCUT2D eigenvalue weighted by molar-refractivity contribution is 0.572. The second-order valence-corrected chi connectivity index (χ2v) is 6.47. The Morgan fingerprint density at radius 3 is 2.41 bits per heavy atom. The molecule has 4 rings (SSSR count). The summed E-state index contributed by atoms with van der Waals surface area (Å²) in [5.41, 5.74) is 2.99. The zero-order valence-electron chi connectivity index (χ0n) is 16.1. The number of oxazole rings is 1. The van der Waals surface area contributed by atoms with E-state index >= 15 is 0 Å². The van der Waals surface area contributed by atoms with Crippen LogP contribution in [0.3, 0.4) is 0 Å². The molecule has 0 spiro atoms. The van der Waals surface area contributed by atoms with Gasteiger partial charge in [0.1, 0.15) is 6.26 Å². The van der Waals surface area contributed by atoms with Gasteiger partial charge in [0.25, 0.3) is 0 Å². The van der Waals surface area contributed by atoms with Crippen LogP contribution in [0, 0.1) is 0 Å². The molecule has 3 aromatic carbocycles. The van der Waals surface area contributed by atoms with E-state index in [1.165, 1.54) is 16.3 Å². The van der Waals surface area contributed by atoms with Crippen LogP contribution in [0.1, 0.15) is 11.3 Å². The maximum absolute atomic E-state index is 5.58. The Bertz CT molecular complexity index is 1090. The molecule has 0 saturated heterocycles. The monoisotopic (exact) mass is 498 g/mol. The Morgan fingerprint density at radius 1 is 0.897 bits per heavy atom. The number of fused-ring (bicyclic) bond motifs is 1. The molecule has 0 fully saturated rings. The van der Waals surface area contributed by atoms with Crippen molar-refractivity contribution in [3.8, 4) is 11.5 Å². The van der Waals surface area contributed by atoms with Crippen LogP contribution >= 0.6 is 24.0 Å². The first-order valence-electron chi connectivity index (χ1n) is 9.24. The normalized spacial score (nSPS) is 11.1. The van der Waals surface area contributed by atoms with E-state index in [0.29, 0.717) is 19.0 Å². The standard InChI is InChI=1S/C23H22N4O.HI/c1-24-23(25-14-17-11-12-18-7-5-6-10-20(18)13-17)26-15-21-16-28-22(27-21)19-8-3-2-4-9-19;/h2-13,16H,14-15H2,1H3,(H2,24,25,26);1H. The van der Waals surface area contributed by atoms with Crippen LogP contribution in [0.25, 0.3) is 22.2 Å². The number of guanidine groups is 1. The highest BCUT2D eigenvalue weighted by atomic mass is 127. The molecule has 0 aliphatic carbocycles. The molecule has 2 N–H and O–H groups in total. The van der Waals surface area contributed by atoms with Gasteiger partial charge in [-0.05, 0) is 34.5 Å². The second-order valence-electron chi connectivity index (χ2n) is 6.47. The molecule has 0 unspecified atom stereocenters. The molecular weight excluding hydrogens is 475 g/mol. The van der Waals surface area contributed by atoms with Crippen molar-refractivity contribution in [2.24, 2.45) is 4.99 Å². The number of aromatic nitrogens is 1. The van der Waals surface area contributed by atoms with Crippen molar-refractivity contribution in [3.63, 3.8) is 0 Å². The number of hydrogen-bond acceptors (Lipinski definition) is 3. The van der Waals surface area contributed by atoms with E-state index in [1.54, 1.807) is 13.3 Å². The Kier molecular flexibility index (Phi) is 7.24. The lowest BCUT2D eigenvalue weighted by Crippen LogP contribution is -2.36. The minimum Gasteiger partial charge on any atom is -0.444 e. The smallest absolute Gasteiger partial charge is 0.226 e. The number of hydrogen-bond donors (Lipinski definition) is 2. The number of rotatable bonds is 5. The van der Waals surface area contributed by atoms with Crippen molar-refractivity contribution >= 4 is 40.7 Å². The summed E-state index contributed by atoms with van der Waals surface area (Å²) in [4.78, 5) is 8.81. The SMILES string of the molecule is CN=C(NCc1ccc2ccccc2c1)NCc1coc(-c2ccccc2)n1.I. The number of nitrogens with zero attached hydrogens (tertiary/aromatic N) is 2. The molecule has 0 atom stereocenters. The van der Waals surface area contributed by atoms with Crippen LogP contribution in [-0.4, -0.2) is 18.0 Å². The van der Waals surface area contributed by atoms with Crippen LogP contribution in [0.15, 0.2) is 88.5 Å².